The molecule has 0 saturated heterocycles. The number of thiazole rings is 1. The SMILES string of the molecule is Cc1sc2nc3sc(C(=O)/C=C/c4ccc(Cl)cc4)c(C)n3c(=O)c2c1C. The largest absolute Gasteiger partial charge is 0.288 e. The Labute approximate surface area is 168 Å². The van der Waals surface area contributed by atoms with E-state index in [1.165, 1.54) is 28.7 Å². The molecule has 1 aromatic carbocycles. The van der Waals surface area contributed by atoms with Crippen molar-refractivity contribution in [3.63, 3.8) is 0 Å². The maximum atomic E-state index is 13.0. The minimum atomic E-state index is -0.145. The Morgan fingerprint density at radius 2 is 1.85 bits per heavy atom. The number of allylic oxidation sites excluding steroid dienone is 1. The Morgan fingerprint density at radius 1 is 1.15 bits per heavy atom. The Kier molecular flexibility index (Phi) is 4.50. The second kappa shape index (κ2) is 6.71. The molecule has 136 valence electrons. The number of ketones is 1. The second-order valence-corrected chi connectivity index (χ2v) is 8.88. The van der Waals surface area contributed by atoms with E-state index in [0.29, 0.717) is 25.9 Å². The van der Waals surface area contributed by atoms with Crippen LogP contribution >= 0.6 is 34.3 Å². The van der Waals surface area contributed by atoms with Crippen molar-refractivity contribution in [2.45, 2.75) is 20.8 Å². The van der Waals surface area contributed by atoms with Gasteiger partial charge in [0.05, 0.1) is 10.3 Å². The smallest absolute Gasteiger partial charge is 0.267 e. The van der Waals surface area contributed by atoms with Crippen LogP contribution in [0.3, 0.4) is 0 Å². The number of carbonyl (C=O) groups is 1. The molecule has 3 heterocycles. The van der Waals surface area contributed by atoms with Gasteiger partial charge in [-0.1, -0.05) is 41.1 Å². The van der Waals surface area contributed by atoms with Crippen LogP contribution in [0.2, 0.25) is 5.02 Å². The fourth-order valence-electron chi connectivity index (χ4n) is 2.96. The Balaban J connectivity index is 1.80. The molecule has 0 aliphatic carbocycles. The number of hydrogen-bond acceptors (Lipinski definition) is 5. The number of rotatable bonds is 3. The van der Waals surface area contributed by atoms with Crippen molar-refractivity contribution in [2.24, 2.45) is 0 Å². The van der Waals surface area contributed by atoms with E-state index in [4.69, 9.17) is 11.6 Å². The molecule has 0 radical (unpaired) electrons. The molecule has 0 amide bonds. The van der Waals surface area contributed by atoms with Crippen LogP contribution in [0.1, 0.15) is 31.4 Å². The van der Waals surface area contributed by atoms with Gasteiger partial charge in [-0.05, 0) is 50.1 Å². The number of fused-ring (bicyclic) bond motifs is 2. The monoisotopic (exact) mass is 414 g/mol. The van der Waals surface area contributed by atoms with Crippen molar-refractivity contribution in [3.8, 4) is 0 Å². The third-order valence-corrected chi connectivity index (χ3v) is 7.06. The van der Waals surface area contributed by atoms with Crippen molar-refractivity contribution in [2.75, 3.05) is 0 Å². The van der Waals surface area contributed by atoms with E-state index >= 15 is 0 Å². The summed E-state index contributed by atoms with van der Waals surface area (Å²) in [5.74, 6) is -0.145. The highest BCUT2D eigenvalue weighted by atomic mass is 35.5. The first-order valence-corrected chi connectivity index (χ1v) is 10.3. The molecule has 4 rings (SSSR count). The van der Waals surface area contributed by atoms with Gasteiger partial charge in [-0.3, -0.25) is 14.0 Å². The molecule has 7 heteroatoms. The number of aromatic nitrogens is 2. The molecule has 0 bridgehead atoms. The number of hydrogen-bond donors (Lipinski definition) is 0. The van der Waals surface area contributed by atoms with Crippen LogP contribution in [0, 0.1) is 20.8 Å². The first-order chi connectivity index (χ1) is 12.9. The number of aryl methyl sites for hydroxylation is 3. The predicted octanol–water partition coefficient (Wildman–Crippen LogP) is 5.45. The van der Waals surface area contributed by atoms with E-state index in [-0.39, 0.29) is 11.3 Å². The number of nitrogens with zero attached hydrogens (tertiary/aromatic N) is 2. The maximum Gasteiger partial charge on any atom is 0.267 e. The van der Waals surface area contributed by atoms with Crippen LogP contribution in [0.4, 0.5) is 0 Å². The van der Waals surface area contributed by atoms with Gasteiger partial charge in [0, 0.05) is 15.6 Å². The molecule has 0 saturated carbocycles. The zero-order chi connectivity index (χ0) is 19.3. The van der Waals surface area contributed by atoms with Crippen LogP contribution in [0.5, 0.6) is 0 Å². The quantitative estimate of drug-likeness (QED) is 0.331. The molecule has 0 unspecified atom stereocenters. The molecular formula is C20H15ClN2O2S2. The second-order valence-electron chi connectivity index (χ2n) is 6.26. The van der Waals surface area contributed by atoms with Gasteiger partial charge in [-0.25, -0.2) is 4.98 Å². The molecule has 4 aromatic rings. The van der Waals surface area contributed by atoms with Crippen LogP contribution in [0.15, 0.2) is 35.1 Å². The first-order valence-electron chi connectivity index (χ1n) is 8.26. The van der Waals surface area contributed by atoms with Crippen LogP contribution in [-0.2, 0) is 0 Å². The lowest BCUT2D eigenvalue weighted by molar-refractivity contribution is 0.105. The maximum absolute atomic E-state index is 13.0. The van der Waals surface area contributed by atoms with Crippen molar-refractivity contribution >= 4 is 61.3 Å². The zero-order valence-corrected chi connectivity index (χ0v) is 17.3. The molecular weight excluding hydrogens is 400 g/mol. The first kappa shape index (κ1) is 18.1. The van der Waals surface area contributed by atoms with Crippen molar-refractivity contribution in [3.05, 3.63) is 72.3 Å². The Bertz CT molecular complexity index is 1290. The highest BCUT2D eigenvalue weighted by Gasteiger charge is 2.20. The lowest BCUT2D eigenvalue weighted by atomic mass is 10.2. The van der Waals surface area contributed by atoms with Gasteiger partial charge in [0.25, 0.3) is 5.56 Å². The van der Waals surface area contributed by atoms with E-state index in [0.717, 1.165) is 20.8 Å². The summed E-state index contributed by atoms with van der Waals surface area (Å²) in [4.78, 5) is 33.2. The number of benzene rings is 1. The van der Waals surface area contributed by atoms with Gasteiger partial charge in [-0.15, -0.1) is 11.3 Å². The standard InChI is InChI=1S/C20H15ClN2O2S2/c1-10-12(3)26-18-16(10)19(25)23-11(2)17(27-20(23)22-18)15(24)9-6-13-4-7-14(21)8-5-13/h4-9H,1-3H3/b9-6+. The lowest BCUT2D eigenvalue weighted by Crippen LogP contribution is -2.15. The predicted molar refractivity (Wildman–Crippen MR) is 114 cm³/mol. The minimum absolute atomic E-state index is 0.105. The summed E-state index contributed by atoms with van der Waals surface area (Å²) < 4.78 is 1.55. The summed E-state index contributed by atoms with van der Waals surface area (Å²) in [7, 11) is 0. The van der Waals surface area contributed by atoms with Gasteiger partial charge < -0.3 is 0 Å². The zero-order valence-electron chi connectivity index (χ0n) is 14.9. The molecule has 0 aliphatic heterocycles. The van der Waals surface area contributed by atoms with Gasteiger partial charge >= 0.3 is 0 Å². The average Bonchev–Trinajstić information content (AvgIpc) is 3.11. The van der Waals surface area contributed by atoms with Gasteiger partial charge in [0.2, 0.25) is 0 Å². The van der Waals surface area contributed by atoms with E-state index < -0.39 is 0 Å². The summed E-state index contributed by atoms with van der Waals surface area (Å²) in [6, 6.07) is 7.23. The highest BCUT2D eigenvalue weighted by Crippen LogP contribution is 2.29. The number of thiophene rings is 1. The summed E-state index contributed by atoms with van der Waals surface area (Å²) in [6.07, 6.45) is 3.26. The normalized spacial score (nSPS) is 11.9. The van der Waals surface area contributed by atoms with Crippen LogP contribution in [-0.4, -0.2) is 15.2 Å². The highest BCUT2D eigenvalue weighted by molar-refractivity contribution is 7.20. The molecule has 0 aliphatic rings. The third kappa shape index (κ3) is 3.04. The lowest BCUT2D eigenvalue weighted by Gasteiger charge is -1.98. The molecule has 0 spiro atoms. The number of carbonyl (C=O) groups excluding carboxylic acids is 1. The molecule has 4 nitrogen and oxygen atoms in total. The van der Waals surface area contributed by atoms with E-state index in [9.17, 15) is 9.59 Å². The van der Waals surface area contributed by atoms with Gasteiger partial charge in [0.15, 0.2) is 10.7 Å². The molecule has 0 N–H and O–H groups in total. The Hall–Kier alpha value is -2.28. The minimum Gasteiger partial charge on any atom is -0.288 e. The summed E-state index contributed by atoms with van der Waals surface area (Å²) in [5.41, 5.74) is 2.37. The van der Waals surface area contributed by atoms with Crippen molar-refractivity contribution < 1.29 is 4.79 Å². The van der Waals surface area contributed by atoms with Crippen molar-refractivity contribution in [1.82, 2.24) is 9.38 Å². The fraction of sp³-hybridized carbons (Fsp3) is 0.150. The Morgan fingerprint density at radius 3 is 2.56 bits per heavy atom. The van der Waals surface area contributed by atoms with E-state index in [1.807, 2.05) is 26.0 Å². The van der Waals surface area contributed by atoms with Gasteiger partial charge in [-0.2, -0.15) is 0 Å². The third-order valence-electron chi connectivity index (χ3n) is 4.55. The van der Waals surface area contributed by atoms with E-state index in [1.54, 1.807) is 29.5 Å². The molecule has 3 aromatic heterocycles. The summed E-state index contributed by atoms with van der Waals surface area (Å²) in [6.45, 7) is 5.71. The topological polar surface area (TPSA) is 51.4 Å². The summed E-state index contributed by atoms with van der Waals surface area (Å²) in [5, 5.41) is 1.29. The molecule has 27 heavy (non-hydrogen) atoms. The summed E-state index contributed by atoms with van der Waals surface area (Å²) >= 11 is 8.64. The van der Waals surface area contributed by atoms with Gasteiger partial charge in [0.1, 0.15) is 4.83 Å². The molecule has 0 fully saturated rings. The van der Waals surface area contributed by atoms with E-state index in [2.05, 4.69) is 4.98 Å². The molecule has 0 atom stereocenters. The number of halogens is 1. The fourth-order valence-corrected chi connectivity index (χ4v) is 5.20. The van der Waals surface area contributed by atoms with Crippen LogP contribution in [0.25, 0.3) is 21.3 Å². The average molecular weight is 415 g/mol. The van der Waals surface area contributed by atoms with Crippen LogP contribution < -0.4 is 5.56 Å². The van der Waals surface area contributed by atoms with Crippen molar-refractivity contribution in [1.29, 1.82) is 0 Å².